The number of benzene rings is 2. The van der Waals surface area contributed by atoms with Crippen LogP contribution >= 0.6 is 0 Å². The largest absolute Gasteiger partial charge is 0.501 e. The molecule has 9 heteroatoms. The molecule has 4 rings (SSSR count). The fourth-order valence-electron chi connectivity index (χ4n) is 4.01. The number of hydrogen-bond acceptors (Lipinski definition) is 2. The summed E-state index contributed by atoms with van der Waals surface area (Å²) in [6.07, 6.45) is 2.67. The molecule has 1 saturated carbocycles. The zero-order valence-corrected chi connectivity index (χ0v) is 16.5. The molecule has 2 aromatic rings. The minimum atomic E-state index is -5.48. The van der Waals surface area contributed by atoms with Crippen molar-refractivity contribution < 1.29 is 34.8 Å². The lowest BCUT2D eigenvalue weighted by molar-refractivity contribution is -0.0436. The van der Waals surface area contributed by atoms with E-state index < -0.39 is 37.7 Å². The van der Waals surface area contributed by atoms with E-state index in [9.17, 15) is 34.8 Å². The van der Waals surface area contributed by atoms with Crippen LogP contribution in [-0.4, -0.2) is 13.9 Å². The average molecular weight is 446 g/mol. The van der Waals surface area contributed by atoms with E-state index in [-0.39, 0.29) is 16.5 Å². The molecule has 0 unspecified atom stereocenters. The summed E-state index contributed by atoms with van der Waals surface area (Å²) < 4.78 is 104. The number of allylic oxidation sites excluding steroid dienone is 2. The Kier molecular flexibility index (Phi) is 4.61. The van der Waals surface area contributed by atoms with E-state index >= 15 is 0 Å². The molecule has 0 heterocycles. The molecule has 0 aliphatic heterocycles. The molecule has 2 aliphatic carbocycles. The van der Waals surface area contributed by atoms with Crippen molar-refractivity contribution in [2.24, 2.45) is 5.41 Å². The first-order valence-corrected chi connectivity index (χ1v) is 10.6. The second-order valence-electron chi connectivity index (χ2n) is 7.97. The van der Waals surface area contributed by atoms with Crippen LogP contribution in [0.4, 0.5) is 26.3 Å². The Hall–Kier alpha value is -2.29. The van der Waals surface area contributed by atoms with Crippen LogP contribution in [0.3, 0.4) is 0 Å². The maximum absolute atomic E-state index is 14.6. The van der Waals surface area contributed by atoms with Crippen molar-refractivity contribution >= 4 is 21.0 Å². The quantitative estimate of drug-likeness (QED) is 0.416. The van der Waals surface area contributed by atoms with Crippen molar-refractivity contribution in [3.05, 3.63) is 64.5 Å². The van der Waals surface area contributed by atoms with Crippen LogP contribution in [0.1, 0.15) is 42.4 Å². The summed E-state index contributed by atoms with van der Waals surface area (Å²) in [5.41, 5.74) is -4.16. The van der Waals surface area contributed by atoms with Crippen LogP contribution in [0.15, 0.2) is 35.2 Å². The van der Waals surface area contributed by atoms with E-state index in [1.807, 2.05) is 0 Å². The summed E-state index contributed by atoms with van der Waals surface area (Å²) >= 11 is 0. The number of sulfone groups is 1. The van der Waals surface area contributed by atoms with Crippen LogP contribution in [0.25, 0.3) is 11.1 Å². The van der Waals surface area contributed by atoms with Gasteiger partial charge in [0.15, 0.2) is 17.5 Å². The molecule has 2 aliphatic rings. The molecule has 0 saturated heterocycles. The lowest BCUT2D eigenvalue weighted by Gasteiger charge is -2.13. The third-order valence-electron chi connectivity index (χ3n) is 5.90. The topological polar surface area (TPSA) is 34.1 Å². The van der Waals surface area contributed by atoms with E-state index in [2.05, 4.69) is 0 Å². The lowest BCUT2D eigenvalue weighted by Crippen LogP contribution is -2.23. The second kappa shape index (κ2) is 6.60. The Balaban J connectivity index is 1.82. The number of rotatable bonds is 3. The molecule has 160 valence electrons. The standard InChI is InChI=1S/C21H16F6O2S/c1-11-8-14(18(23)19(24)17(11)22)16-10-20(6-7-20)9-15(16)12-2-4-13(5-3-12)30(28,29)21(25,26)27/h2-5,8H,6-7,9-10H2,1H3. The Morgan fingerprint density at radius 3 is 1.97 bits per heavy atom. The van der Waals surface area contributed by atoms with E-state index in [0.717, 1.165) is 25.0 Å². The van der Waals surface area contributed by atoms with Crippen LogP contribution in [0.2, 0.25) is 0 Å². The normalized spacial score (nSPS) is 18.4. The minimum absolute atomic E-state index is 0.0564. The van der Waals surface area contributed by atoms with Crippen molar-refractivity contribution in [3.63, 3.8) is 0 Å². The van der Waals surface area contributed by atoms with Crippen molar-refractivity contribution in [2.75, 3.05) is 0 Å². The molecule has 2 nitrogen and oxygen atoms in total. The average Bonchev–Trinajstić information content (AvgIpc) is 3.33. The number of halogens is 6. The van der Waals surface area contributed by atoms with Gasteiger partial charge in [-0.15, -0.1) is 0 Å². The summed E-state index contributed by atoms with van der Waals surface area (Å²) in [5, 5.41) is 0. The predicted molar refractivity (Wildman–Crippen MR) is 98.5 cm³/mol. The monoisotopic (exact) mass is 446 g/mol. The van der Waals surface area contributed by atoms with Crippen molar-refractivity contribution in [1.29, 1.82) is 0 Å². The van der Waals surface area contributed by atoms with E-state index in [1.54, 1.807) is 0 Å². The van der Waals surface area contributed by atoms with Crippen LogP contribution < -0.4 is 0 Å². The summed E-state index contributed by atoms with van der Waals surface area (Å²) in [5.74, 6) is -4.14. The van der Waals surface area contributed by atoms with Gasteiger partial charge in [-0.05, 0) is 78.5 Å². The van der Waals surface area contributed by atoms with Gasteiger partial charge in [-0.25, -0.2) is 21.6 Å². The highest BCUT2D eigenvalue weighted by atomic mass is 32.2. The van der Waals surface area contributed by atoms with Crippen molar-refractivity contribution in [2.45, 2.75) is 43.0 Å². The summed E-state index contributed by atoms with van der Waals surface area (Å²) in [4.78, 5) is -0.894. The van der Waals surface area contributed by atoms with Gasteiger partial charge in [-0.2, -0.15) is 13.2 Å². The van der Waals surface area contributed by atoms with Gasteiger partial charge in [-0.3, -0.25) is 0 Å². The molecule has 0 amide bonds. The number of aryl methyl sites for hydroxylation is 1. The number of alkyl halides is 3. The predicted octanol–water partition coefficient (Wildman–Crippen LogP) is 6.19. The van der Waals surface area contributed by atoms with Gasteiger partial charge in [0.2, 0.25) is 0 Å². The van der Waals surface area contributed by atoms with Gasteiger partial charge in [0.25, 0.3) is 9.84 Å². The summed E-state index contributed by atoms with van der Waals surface area (Å²) in [6, 6.07) is 5.41. The Morgan fingerprint density at radius 2 is 1.43 bits per heavy atom. The van der Waals surface area contributed by atoms with Crippen molar-refractivity contribution in [1.82, 2.24) is 0 Å². The fraction of sp³-hybridized carbons (Fsp3) is 0.333. The molecule has 0 bridgehead atoms. The zero-order valence-electron chi connectivity index (χ0n) is 15.7. The first kappa shape index (κ1) is 21.0. The van der Waals surface area contributed by atoms with Crippen LogP contribution in [0, 0.1) is 29.8 Å². The molecular weight excluding hydrogens is 430 g/mol. The SMILES string of the molecule is Cc1cc(C2=C(c3ccc(S(=O)(=O)C(F)(F)F)cc3)CC3(CC3)C2)c(F)c(F)c1F. The minimum Gasteiger partial charge on any atom is -0.214 e. The van der Waals surface area contributed by atoms with Gasteiger partial charge in [0, 0.05) is 5.56 Å². The van der Waals surface area contributed by atoms with E-state index in [1.165, 1.54) is 25.1 Å². The van der Waals surface area contributed by atoms with Crippen LogP contribution in [0.5, 0.6) is 0 Å². The second-order valence-corrected chi connectivity index (χ2v) is 9.91. The molecule has 1 spiro atoms. The highest BCUT2D eigenvalue weighted by Gasteiger charge is 2.49. The molecule has 0 atom stereocenters. The van der Waals surface area contributed by atoms with Crippen LogP contribution in [-0.2, 0) is 9.84 Å². The Labute approximate surface area is 169 Å². The molecular formula is C21H16F6O2S. The zero-order chi connectivity index (χ0) is 22.1. The molecule has 2 aromatic carbocycles. The molecule has 0 radical (unpaired) electrons. The number of hydrogen-bond donors (Lipinski definition) is 0. The van der Waals surface area contributed by atoms with Gasteiger partial charge in [-0.1, -0.05) is 12.1 Å². The smallest absolute Gasteiger partial charge is 0.214 e. The van der Waals surface area contributed by atoms with Gasteiger partial charge >= 0.3 is 5.51 Å². The summed E-state index contributed by atoms with van der Waals surface area (Å²) in [7, 11) is -5.48. The molecule has 30 heavy (non-hydrogen) atoms. The maximum atomic E-state index is 14.6. The van der Waals surface area contributed by atoms with Gasteiger partial charge in [0.1, 0.15) is 0 Å². The first-order chi connectivity index (χ1) is 13.9. The first-order valence-electron chi connectivity index (χ1n) is 9.15. The third kappa shape index (κ3) is 3.23. The lowest BCUT2D eigenvalue weighted by atomic mass is 9.95. The van der Waals surface area contributed by atoms with E-state index in [0.29, 0.717) is 29.6 Å². The van der Waals surface area contributed by atoms with Crippen molar-refractivity contribution in [3.8, 4) is 0 Å². The fourth-order valence-corrected chi connectivity index (χ4v) is 4.77. The third-order valence-corrected chi connectivity index (χ3v) is 7.40. The Bertz CT molecular complexity index is 1170. The van der Waals surface area contributed by atoms with E-state index in [4.69, 9.17) is 0 Å². The molecule has 0 N–H and O–H groups in total. The van der Waals surface area contributed by atoms with Gasteiger partial charge < -0.3 is 0 Å². The maximum Gasteiger partial charge on any atom is 0.501 e. The summed E-state index contributed by atoms with van der Waals surface area (Å²) in [6.45, 7) is 1.32. The highest BCUT2D eigenvalue weighted by Crippen LogP contribution is 2.63. The molecule has 1 fully saturated rings. The highest BCUT2D eigenvalue weighted by molar-refractivity contribution is 7.92. The van der Waals surface area contributed by atoms with Gasteiger partial charge in [0.05, 0.1) is 4.90 Å². The Morgan fingerprint density at radius 1 is 0.867 bits per heavy atom. The molecule has 0 aromatic heterocycles.